The Labute approximate surface area is 111 Å². The van der Waals surface area contributed by atoms with E-state index < -0.39 is 0 Å². The molecule has 1 amide bonds. The molecule has 2 rings (SSSR count). The smallest absolute Gasteiger partial charge is 0.272 e. The minimum Gasteiger partial charge on any atom is -0.477 e. The van der Waals surface area contributed by atoms with Gasteiger partial charge in [-0.2, -0.15) is 0 Å². The molecule has 0 aliphatic rings. The molecule has 0 radical (unpaired) electrons. The molecule has 1 N–H and O–H groups in total. The number of rotatable bonds is 5. The summed E-state index contributed by atoms with van der Waals surface area (Å²) in [5, 5.41) is 10.4. The van der Waals surface area contributed by atoms with Crippen molar-refractivity contribution in [3.05, 3.63) is 53.7 Å². The van der Waals surface area contributed by atoms with Gasteiger partial charge in [0.05, 0.1) is 6.61 Å². The van der Waals surface area contributed by atoms with Gasteiger partial charge in [0.25, 0.3) is 5.91 Å². The van der Waals surface area contributed by atoms with Crippen molar-refractivity contribution in [1.82, 2.24) is 15.5 Å². The van der Waals surface area contributed by atoms with E-state index in [4.69, 9.17) is 4.74 Å². The van der Waals surface area contributed by atoms with Crippen LogP contribution < -0.4 is 10.1 Å². The number of benzene rings is 1. The van der Waals surface area contributed by atoms with Gasteiger partial charge in [0.15, 0.2) is 5.69 Å². The van der Waals surface area contributed by atoms with Crippen molar-refractivity contribution >= 4 is 5.91 Å². The first-order valence-corrected chi connectivity index (χ1v) is 6.08. The molecule has 0 fully saturated rings. The summed E-state index contributed by atoms with van der Waals surface area (Å²) in [6.45, 7) is 2.85. The van der Waals surface area contributed by atoms with Crippen LogP contribution in [0, 0.1) is 0 Å². The van der Waals surface area contributed by atoms with Crippen LogP contribution in [-0.4, -0.2) is 22.7 Å². The first kappa shape index (κ1) is 13.0. The summed E-state index contributed by atoms with van der Waals surface area (Å²) in [4.78, 5) is 11.8. The van der Waals surface area contributed by atoms with Crippen molar-refractivity contribution in [3.8, 4) is 5.88 Å². The van der Waals surface area contributed by atoms with E-state index in [1.807, 2.05) is 37.3 Å². The molecule has 0 aliphatic carbocycles. The Bertz CT molecular complexity index is 526. The summed E-state index contributed by atoms with van der Waals surface area (Å²) in [7, 11) is 0. The van der Waals surface area contributed by atoms with Gasteiger partial charge in [0.1, 0.15) is 0 Å². The summed E-state index contributed by atoms with van der Waals surface area (Å²) >= 11 is 0. The molecule has 0 saturated carbocycles. The number of amides is 1. The van der Waals surface area contributed by atoms with Crippen molar-refractivity contribution in [2.75, 3.05) is 6.61 Å². The number of nitrogens with zero attached hydrogens (tertiary/aromatic N) is 2. The number of aromatic nitrogens is 2. The Balaban J connectivity index is 1.92. The molecular weight excluding hydrogens is 242 g/mol. The Hall–Kier alpha value is -2.43. The van der Waals surface area contributed by atoms with E-state index in [1.54, 1.807) is 12.1 Å². The van der Waals surface area contributed by atoms with Gasteiger partial charge >= 0.3 is 0 Å². The average Bonchev–Trinajstić information content (AvgIpc) is 2.47. The molecule has 1 heterocycles. The molecular formula is C14H15N3O2. The largest absolute Gasteiger partial charge is 0.477 e. The number of hydrogen-bond donors (Lipinski definition) is 1. The second-order valence-electron chi connectivity index (χ2n) is 3.86. The van der Waals surface area contributed by atoms with Crippen LogP contribution >= 0.6 is 0 Å². The van der Waals surface area contributed by atoms with Gasteiger partial charge in [-0.25, -0.2) is 0 Å². The molecule has 0 aliphatic heterocycles. The quantitative estimate of drug-likeness (QED) is 0.887. The maximum atomic E-state index is 11.8. The topological polar surface area (TPSA) is 64.1 Å². The highest BCUT2D eigenvalue weighted by molar-refractivity contribution is 5.92. The normalized spacial score (nSPS) is 9.95. The van der Waals surface area contributed by atoms with E-state index in [-0.39, 0.29) is 11.6 Å². The van der Waals surface area contributed by atoms with Gasteiger partial charge in [-0.15, -0.1) is 10.2 Å². The van der Waals surface area contributed by atoms with Crippen LogP contribution in [0.2, 0.25) is 0 Å². The predicted octanol–water partition coefficient (Wildman–Crippen LogP) is 1.81. The molecule has 1 aromatic carbocycles. The highest BCUT2D eigenvalue weighted by atomic mass is 16.5. The average molecular weight is 257 g/mol. The minimum atomic E-state index is -0.251. The van der Waals surface area contributed by atoms with Crippen LogP contribution in [0.1, 0.15) is 23.0 Å². The van der Waals surface area contributed by atoms with Crippen LogP contribution in [0.5, 0.6) is 5.88 Å². The standard InChI is InChI=1S/C14H15N3O2/c1-2-19-13-9-8-12(16-17-13)14(18)15-10-11-6-4-3-5-7-11/h3-9H,2,10H2,1H3,(H,15,18). The van der Waals surface area contributed by atoms with Crippen LogP contribution in [0.15, 0.2) is 42.5 Å². The first-order valence-electron chi connectivity index (χ1n) is 6.08. The number of nitrogens with one attached hydrogen (secondary N) is 1. The minimum absolute atomic E-state index is 0.251. The van der Waals surface area contributed by atoms with Crippen LogP contribution in [0.25, 0.3) is 0 Å². The van der Waals surface area contributed by atoms with Gasteiger partial charge in [-0.1, -0.05) is 30.3 Å². The number of hydrogen-bond acceptors (Lipinski definition) is 4. The molecule has 98 valence electrons. The fourth-order valence-electron chi connectivity index (χ4n) is 1.53. The van der Waals surface area contributed by atoms with Crippen molar-refractivity contribution in [2.24, 2.45) is 0 Å². The summed E-state index contributed by atoms with van der Waals surface area (Å²) in [5.41, 5.74) is 1.31. The van der Waals surface area contributed by atoms with E-state index >= 15 is 0 Å². The number of carbonyl (C=O) groups is 1. The molecule has 1 aromatic heterocycles. The monoisotopic (exact) mass is 257 g/mol. The van der Waals surface area contributed by atoms with Crippen LogP contribution in [0.3, 0.4) is 0 Å². The lowest BCUT2D eigenvalue weighted by Crippen LogP contribution is -2.24. The van der Waals surface area contributed by atoms with E-state index in [1.165, 1.54) is 0 Å². The molecule has 5 nitrogen and oxygen atoms in total. The number of ether oxygens (including phenoxy) is 1. The second kappa shape index (κ2) is 6.49. The van der Waals surface area contributed by atoms with Crippen molar-refractivity contribution in [3.63, 3.8) is 0 Å². The van der Waals surface area contributed by atoms with Gasteiger partial charge in [0.2, 0.25) is 5.88 Å². The maximum absolute atomic E-state index is 11.8. The van der Waals surface area contributed by atoms with E-state index in [9.17, 15) is 4.79 Å². The van der Waals surface area contributed by atoms with Crippen molar-refractivity contribution < 1.29 is 9.53 Å². The maximum Gasteiger partial charge on any atom is 0.272 e. The first-order chi connectivity index (χ1) is 9.29. The molecule has 5 heteroatoms. The Morgan fingerprint density at radius 2 is 1.95 bits per heavy atom. The molecule has 19 heavy (non-hydrogen) atoms. The van der Waals surface area contributed by atoms with Gasteiger partial charge in [-0.3, -0.25) is 4.79 Å². The molecule has 0 unspecified atom stereocenters. The summed E-state index contributed by atoms with van der Waals surface area (Å²) in [6, 6.07) is 12.9. The second-order valence-corrected chi connectivity index (χ2v) is 3.86. The third-order valence-electron chi connectivity index (χ3n) is 2.46. The summed E-state index contributed by atoms with van der Waals surface area (Å²) in [6.07, 6.45) is 0. The Morgan fingerprint density at radius 3 is 2.58 bits per heavy atom. The SMILES string of the molecule is CCOc1ccc(C(=O)NCc2ccccc2)nn1. The zero-order chi connectivity index (χ0) is 13.5. The van der Waals surface area contributed by atoms with Crippen molar-refractivity contribution in [1.29, 1.82) is 0 Å². The van der Waals surface area contributed by atoms with Gasteiger partial charge in [0, 0.05) is 12.6 Å². The van der Waals surface area contributed by atoms with Crippen LogP contribution in [0.4, 0.5) is 0 Å². The van der Waals surface area contributed by atoms with E-state index in [2.05, 4.69) is 15.5 Å². The Morgan fingerprint density at radius 1 is 1.16 bits per heavy atom. The molecule has 0 atom stereocenters. The lowest BCUT2D eigenvalue weighted by atomic mass is 10.2. The number of carbonyl (C=O) groups excluding carboxylic acids is 1. The van der Waals surface area contributed by atoms with Crippen molar-refractivity contribution in [2.45, 2.75) is 13.5 Å². The predicted molar refractivity (Wildman–Crippen MR) is 70.8 cm³/mol. The lowest BCUT2D eigenvalue weighted by molar-refractivity contribution is 0.0944. The van der Waals surface area contributed by atoms with E-state index in [0.717, 1.165) is 5.56 Å². The van der Waals surface area contributed by atoms with Gasteiger partial charge < -0.3 is 10.1 Å². The fraction of sp³-hybridized carbons (Fsp3) is 0.214. The Kier molecular flexibility index (Phi) is 4.44. The van der Waals surface area contributed by atoms with Crippen LogP contribution in [-0.2, 0) is 6.54 Å². The third-order valence-corrected chi connectivity index (χ3v) is 2.46. The van der Waals surface area contributed by atoms with E-state index in [0.29, 0.717) is 19.0 Å². The molecule has 0 bridgehead atoms. The molecule has 0 saturated heterocycles. The lowest BCUT2D eigenvalue weighted by Gasteiger charge is -2.05. The fourth-order valence-corrected chi connectivity index (χ4v) is 1.53. The highest BCUT2D eigenvalue weighted by Crippen LogP contribution is 2.05. The van der Waals surface area contributed by atoms with Gasteiger partial charge in [-0.05, 0) is 18.6 Å². The highest BCUT2D eigenvalue weighted by Gasteiger charge is 2.07. The molecule has 2 aromatic rings. The summed E-state index contributed by atoms with van der Waals surface area (Å²) < 4.78 is 5.16. The zero-order valence-corrected chi connectivity index (χ0v) is 10.7. The zero-order valence-electron chi connectivity index (χ0n) is 10.7. The summed E-state index contributed by atoms with van der Waals surface area (Å²) in [5.74, 6) is 0.168. The third kappa shape index (κ3) is 3.77. The molecule has 0 spiro atoms.